The summed E-state index contributed by atoms with van der Waals surface area (Å²) in [7, 11) is 2.88. The lowest BCUT2D eigenvalue weighted by Gasteiger charge is -2.30. The van der Waals surface area contributed by atoms with Crippen molar-refractivity contribution < 1.29 is 23.8 Å². The van der Waals surface area contributed by atoms with Gasteiger partial charge in [-0.3, -0.25) is 4.79 Å². The monoisotopic (exact) mass is 370 g/mol. The van der Waals surface area contributed by atoms with Crippen molar-refractivity contribution in [2.45, 2.75) is 0 Å². The van der Waals surface area contributed by atoms with Gasteiger partial charge in [0.2, 0.25) is 0 Å². The first-order valence-electron chi connectivity index (χ1n) is 8.63. The first-order chi connectivity index (χ1) is 13.1. The number of benzene rings is 2. The molecule has 1 saturated heterocycles. The second-order valence-electron chi connectivity index (χ2n) is 6.01. The van der Waals surface area contributed by atoms with Gasteiger partial charge in [-0.05, 0) is 36.4 Å². The smallest absolute Gasteiger partial charge is 0.337 e. The zero-order valence-corrected chi connectivity index (χ0v) is 15.4. The number of morpholine rings is 1. The fourth-order valence-electron chi connectivity index (χ4n) is 2.92. The Kier molecular flexibility index (Phi) is 5.93. The van der Waals surface area contributed by atoms with E-state index in [9.17, 15) is 9.59 Å². The topological polar surface area (TPSA) is 77.1 Å². The molecule has 0 saturated carbocycles. The molecule has 1 aliphatic heterocycles. The Morgan fingerprint density at radius 3 is 2.52 bits per heavy atom. The summed E-state index contributed by atoms with van der Waals surface area (Å²) in [4.78, 5) is 26.8. The maximum absolute atomic E-state index is 12.7. The summed E-state index contributed by atoms with van der Waals surface area (Å²) in [5.74, 6) is -0.148. The molecule has 1 heterocycles. The summed E-state index contributed by atoms with van der Waals surface area (Å²) in [6.07, 6.45) is 0. The van der Waals surface area contributed by atoms with Crippen molar-refractivity contribution in [3.05, 3.63) is 53.6 Å². The largest absolute Gasteiger partial charge is 0.497 e. The third-order valence-electron chi connectivity index (χ3n) is 4.35. The van der Waals surface area contributed by atoms with Crippen LogP contribution in [-0.2, 0) is 9.47 Å². The molecule has 7 nitrogen and oxygen atoms in total. The fourth-order valence-corrected chi connectivity index (χ4v) is 2.92. The van der Waals surface area contributed by atoms with Gasteiger partial charge in [0.15, 0.2) is 0 Å². The zero-order chi connectivity index (χ0) is 19.2. The Hall–Kier alpha value is -3.06. The molecule has 0 radical (unpaired) electrons. The van der Waals surface area contributed by atoms with Crippen LogP contribution in [0.25, 0.3) is 0 Å². The number of nitrogens with zero attached hydrogens (tertiary/aromatic N) is 1. The highest BCUT2D eigenvalue weighted by Crippen LogP contribution is 2.29. The Bertz CT molecular complexity index is 831. The van der Waals surface area contributed by atoms with E-state index in [0.29, 0.717) is 48.9 Å². The molecule has 0 aliphatic carbocycles. The number of hydrogen-bond donors (Lipinski definition) is 1. The molecule has 2 aromatic rings. The molecule has 0 aromatic heterocycles. The van der Waals surface area contributed by atoms with Crippen LogP contribution in [0.4, 0.5) is 11.4 Å². The minimum atomic E-state index is -0.458. The van der Waals surface area contributed by atoms with Crippen LogP contribution in [0.2, 0.25) is 0 Å². The minimum absolute atomic E-state index is 0.287. The van der Waals surface area contributed by atoms with Crippen LogP contribution in [0.5, 0.6) is 5.75 Å². The van der Waals surface area contributed by atoms with Crippen molar-refractivity contribution in [1.82, 2.24) is 0 Å². The number of nitrogens with one attached hydrogen (secondary N) is 1. The molecule has 0 unspecified atom stereocenters. The van der Waals surface area contributed by atoms with Gasteiger partial charge in [0.25, 0.3) is 5.91 Å². The number of amides is 1. The molecule has 0 spiro atoms. The summed E-state index contributed by atoms with van der Waals surface area (Å²) in [6.45, 7) is 2.64. The molecule has 0 bridgehead atoms. The number of esters is 1. The van der Waals surface area contributed by atoms with Gasteiger partial charge in [0.05, 0.1) is 44.4 Å². The Balaban J connectivity index is 1.92. The van der Waals surface area contributed by atoms with Crippen LogP contribution in [0, 0.1) is 0 Å². The summed E-state index contributed by atoms with van der Waals surface area (Å²) in [5.41, 5.74) is 2.22. The molecule has 27 heavy (non-hydrogen) atoms. The number of anilines is 2. The van der Waals surface area contributed by atoms with Crippen LogP contribution >= 0.6 is 0 Å². The average Bonchev–Trinajstić information content (AvgIpc) is 2.73. The first kappa shape index (κ1) is 18.7. The summed E-state index contributed by atoms with van der Waals surface area (Å²) >= 11 is 0. The standard InChI is InChI=1S/C20H22N2O5/c1-25-16-5-3-4-14(12-16)19(23)21-17-13-15(20(24)26-2)6-7-18(17)22-8-10-27-11-9-22/h3-7,12-13H,8-11H2,1-2H3,(H,21,23). The van der Waals surface area contributed by atoms with E-state index in [0.717, 1.165) is 5.69 Å². The van der Waals surface area contributed by atoms with Gasteiger partial charge in [-0.15, -0.1) is 0 Å². The van der Waals surface area contributed by atoms with E-state index in [-0.39, 0.29) is 5.91 Å². The molecule has 1 fully saturated rings. The molecular formula is C20H22N2O5. The molecule has 0 atom stereocenters. The molecule has 142 valence electrons. The van der Waals surface area contributed by atoms with Gasteiger partial charge in [-0.2, -0.15) is 0 Å². The van der Waals surface area contributed by atoms with Crippen molar-refractivity contribution in [2.75, 3.05) is 50.7 Å². The highest BCUT2D eigenvalue weighted by atomic mass is 16.5. The van der Waals surface area contributed by atoms with E-state index in [1.807, 2.05) is 6.07 Å². The fraction of sp³-hybridized carbons (Fsp3) is 0.300. The van der Waals surface area contributed by atoms with Crippen molar-refractivity contribution >= 4 is 23.3 Å². The number of ether oxygens (including phenoxy) is 3. The third-order valence-corrected chi connectivity index (χ3v) is 4.35. The van der Waals surface area contributed by atoms with E-state index in [1.54, 1.807) is 43.5 Å². The van der Waals surface area contributed by atoms with Crippen molar-refractivity contribution in [3.63, 3.8) is 0 Å². The highest BCUT2D eigenvalue weighted by molar-refractivity contribution is 6.07. The molecular weight excluding hydrogens is 348 g/mol. The SMILES string of the molecule is COC(=O)c1ccc(N2CCOCC2)c(NC(=O)c2cccc(OC)c2)c1. The van der Waals surface area contributed by atoms with Gasteiger partial charge >= 0.3 is 5.97 Å². The maximum atomic E-state index is 12.7. The minimum Gasteiger partial charge on any atom is -0.497 e. The van der Waals surface area contributed by atoms with Crippen LogP contribution in [0.3, 0.4) is 0 Å². The lowest BCUT2D eigenvalue weighted by molar-refractivity contribution is 0.0600. The Labute approximate surface area is 157 Å². The van der Waals surface area contributed by atoms with Crippen LogP contribution < -0.4 is 15.0 Å². The molecule has 1 aliphatic rings. The van der Waals surface area contributed by atoms with Crippen LogP contribution in [0.1, 0.15) is 20.7 Å². The van der Waals surface area contributed by atoms with Crippen molar-refractivity contribution in [2.24, 2.45) is 0 Å². The number of hydrogen-bond acceptors (Lipinski definition) is 6. The van der Waals surface area contributed by atoms with Crippen molar-refractivity contribution in [1.29, 1.82) is 0 Å². The second-order valence-corrected chi connectivity index (χ2v) is 6.01. The van der Waals surface area contributed by atoms with E-state index >= 15 is 0 Å². The Morgan fingerprint density at radius 1 is 1.04 bits per heavy atom. The van der Waals surface area contributed by atoms with Gasteiger partial charge in [-0.1, -0.05) is 6.07 Å². The number of carbonyl (C=O) groups is 2. The van der Waals surface area contributed by atoms with Crippen LogP contribution in [0.15, 0.2) is 42.5 Å². The molecule has 1 amide bonds. The molecule has 3 rings (SSSR count). The summed E-state index contributed by atoms with van der Waals surface area (Å²) in [6, 6.07) is 12.0. The van der Waals surface area contributed by atoms with Gasteiger partial charge in [-0.25, -0.2) is 4.79 Å². The molecule has 2 aromatic carbocycles. The van der Waals surface area contributed by atoms with E-state index in [4.69, 9.17) is 14.2 Å². The lowest BCUT2D eigenvalue weighted by atomic mass is 10.1. The quantitative estimate of drug-likeness (QED) is 0.815. The number of methoxy groups -OCH3 is 2. The predicted molar refractivity (Wildman–Crippen MR) is 102 cm³/mol. The number of rotatable bonds is 5. The first-order valence-corrected chi connectivity index (χ1v) is 8.63. The van der Waals surface area contributed by atoms with E-state index < -0.39 is 5.97 Å². The summed E-state index contributed by atoms with van der Waals surface area (Å²) < 4.78 is 15.4. The molecule has 7 heteroatoms. The van der Waals surface area contributed by atoms with Crippen molar-refractivity contribution in [3.8, 4) is 5.75 Å². The van der Waals surface area contributed by atoms with Gasteiger partial charge in [0, 0.05) is 18.7 Å². The summed E-state index contributed by atoms with van der Waals surface area (Å²) in [5, 5.41) is 2.91. The third kappa shape index (κ3) is 4.38. The predicted octanol–water partition coefficient (Wildman–Crippen LogP) is 2.57. The maximum Gasteiger partial charge on any atom is 0.337 e. The normalized spacial score (nSPS) is 13.8. The average molecular weight is 370 g/mol. The zero-order valence-electron chi connectivity index (χ0n) is 15.4. The van der Waals surface area contributed by atoms with Gasteiger partial charge < -0.3 is 24.4 Å². The number of carbonyl (C=O) groups excluding carboxylic acids is 2. The highest BCUT2D eigenvalue weighted by Gasteiger charge is 2.19. The Morgan fingerprint density at radius 2 is 1.81 bits per heavy atom. The lowest BCUT2D eigenvalue weighted by Crippen LogP contribution is -2.36. The molecule has 1 N–H and O–H groups in total. The van der Waals surface area contributed by atoms with E-state index in [2.05, 4.69) is 10.2 Å². The van der Waals surface area contributed by atoms with Crippen LogP contribution in [-0.4, -0.2) is 52.4 Å². The van der Waals surface area contributed by atoms with Gasteiger partial charge in [0.1, 0.15) is 5.75 Å². The second kappa shape index (κ2) is 8.55. The van der Waals surface area contributed by atoms with E-state index in [1.165, 1.54) is 7.11 Å².